The van der Waals surface area contributed by atoms with Crippen LogP contribution in [-0.2, 0) is 13.6 Å². The predicted octanol–water partition coefficient (Wildman–Crippen LogP) is 1.40. The lowest BCUT2D eigenvalue weighted by Gasteiger charge is -2.10. The smallest absolute Gasteiger partial charge is 0.312 e. The van der Waals surface area contributed by atoms with Crippen LogP contribution >= 0.6 is 20.2 Å². The topological polar surface area (TPSA) is 35.5 Å². The molecule has 0 bridgehead atoms. The predicted molar refractivity (Wildman–Crippen MR) is 40.3 cm³/mol. The molecule has 0 aliphatic heterocycles. The van der Waals surface area contributed by atoms with E-state index in [1.165, 1.54) is 14.2 Å². The van der Waals surface area contributed by atoms with Crippen LogP contribution in [0.15, 0.2) is 0 Å². The van der Waals surface area contributed by atoms with Gasteiger partial charge in [0.15, 0.2) is 0 Å². The Morgan fingerprint density at radius 1 is 1.44 bits per heavy atom. The molecule has 0 aliphatic rings. The lowest BCUT2D eigenvalue weighted by Crippen LogP contribution is -1.94. The van der Waals surface area contributed by atoms with Crippen molar-refractivity contribution in [3.05, 3.63) is 0 Å². The van der Waals surface area contributed by atoms with Gasteiger partial charge in [0.25, 0.3) is 0 Å². The van der Waals surface area contributed by atoms with Gasteiger partial charge >= 0.3 is 7.60 Å². The van der Waals surface area contributed by atoms with Gasteiger partial charge < -0.3 is 9.05 Å². The van der Waals surface area contributed by atoms with E-state index < -0.39 is 7.60 Å². The minimum absolute atomic E-state index is 0.364. The second-order valence-corrected chi connectivity index (χ2v) is 4.27. The van der Waals surface area contributed by atoms with Gasteiger partial charge in [-0.2, -0.15) is 12.6 Å². The summed E-state index contributed by atoms with van der Waals surface area (Å²) < 4.78 is 20.3. The summed E-state index contributed by atoms with van der Waals surface area (Å²) in [5, 5.41) is 0. The van der Waals surface area contributed by atoms with E-state index in [0.717, 1.165) is 0 Å². The molecule has 0 amide bonds. The van der Waals surface area contributed by atoms with E-state index in [9.17, 15) is 4.57 Å². The Morgan fingerprint density at radius 3 is 2.00 bits per heavy atom. The van der Waals surface area contributed by atoms with Gasteiger partial charge in [0.1, 0.15) is 0 Å². The van der Waals surface area contributed by atoms with Crippen LogP contribution in [0.5, 0.6) is 0 Å². The molecule has 0 aromatic heterocycles. The van der Waals surface area contributed by atoms with Crippen molar-refractivity contribution in [2.24, 2.45) is 0 Å². The quantitative estimate of drug-likeness (QED) is 0.511. The van der Waals surface area contributed by atoms with E-state index in [-0.39, 0.29) is 0 Å². The standard InChI is InChI=1S/C4H11O3PS/c1-6-8(5,7-2)3-4-9/h9H,3-4H2,1-2H3. The largest absolute Gasteiger partial charge is 0.330 e. The molecular weight excluding hydrogens is 159 g/mol. The van der Waals surface area contributed by atoms with E-state index in [2.05, 4.69) is 21.7 Å². The molecule has 0 aromatic carbocycles. The summed E-state index contributed by atoms with van der Waals surface area (Å²) in [6, 6.07) is 0. The van der Waals surface area contributed by atoms with Crippen LogP contribution in [0.1, 0.15) is 0 Å². The van der Waals surface area contributed by atoms with E-state index in [4.69, 9.17) is 0 Å². The van der Waals surface area contributed by atoms with Crippen molar-refractivity contribution in [2.45, 2.75) is 0 Å². The van der Waals surface area contributed by atoms with Crippen LogP contribution in [0.2, 0.25) is 0 Å². The molecule has 0 aromatic rings. The van der Waals surface area contributed by atoms with Crippen molar-refractivity contribution in [1.29, 1.82) is 0 Å². The van der Waals surface area contributed by atoms with Crippen LogP contribution in [0, 0.1) is 0 Å². The average molecular weight is 170 g/mol. The molecule has 56 valence electrons. The van der Waals surface area contributed by atoms with Crippen molar-refractivity contribution in [1.82, 2.24) is 0 Å². The van der Waals surface area contributed by atoms with Crippen molar-refractivity contribution < 1.29 is 13.6 Å². The zero-order valence-corrected chi connectivity index (χ0v) is 7.32. The van der Waals surface area contributed by atoms with Gasteiger partial charge in [-0.3, -0.25) is 4.57 Å². The first-order valence-corrected chi connectivity index (χ1v) is 4.86. The van der Waals surface area contributed by atoms with Gasteiger partial charge in [-0.1, -0.05) is 0 Å². The first kappa shape index (κ1) is 9.50. The molecule has 0 saturated heterocycles. The molecule has 0 spiro atoms. The van der Waals surface area contributed by atoms with Crippen LogP contribution < -0.4 is 0 Å². The van der Waals surface area contributed by atoms with Gasteiger partial charge in [-0.05, 0) is 0 Å². The monoisotopic (exact) mass is 170 g/mol. The molecule has 0 aliphatic carbocycles. The number of thiol groups is 1. The maximum atomic E-state index is 11.1. The van der Waals surface area contributed by atoms with E-state index in [1.807, 2.05) is 0 Å². The van der Waals surface area contributed by atoms with Gasteiger partial charge in [-0.15, -0.1) is 0 Å². The molecule has 0 radical (unpaired) electrons. The summed E-state index contributed by atoms with van der Waals surface area (Å²) in [6.07, 6.45) is 0.364. The molecule has 0 atom stereocenters. The van der Waals surface area contributed by atoms with Crippen LogP contribution in [0.25, 0.3) is 0 Å². The Balaban J connectivity index is 3.78. The van der Waals surface area contributed by atoms with E-state index in [1.54, 1.807) is 0 Å². The van der Waals surface area contributed by atoms with Gasteiger partial charge in [0, 0.05) is 20.0 Å². The summed E-state index contributed by atoms with van der Waals surface area (Å²) >= 11 is 3.89. The molecule has 0 saturated carbocycles. The zero-order valence-electron chi connectivity index (χ0n) is 5.53. The summed E-state index contributed by atoms with van der Waals surface area (Å²) in [5.74, 6) is 0.513. The fourth-order valence-electron chi connectivity index (χ4n) is 0.380. The molecule has 0 fully saturated rings. The third-order valence-electron chi connectivity index (χ3n) is 0.930. The molecule has 0 heterocycles. The highest BCUT2D eigenvalue weighted by Gasteiger charge is 2.18. The van der Waals surface area contributed by atoms with Crippen molar-refractivity contribution in [3.63, 3.8) is 0 Å². The number of rotatable bonds is 4. The minimum Gasteiger partial charge on any atom is -0.312 e. The van der Waals surface area contributed by atoms with Crippen LogP contribution in [-0.4, -0.2) is 26.1 Å². The molecule has 5 heteroatoms. The normalized spacial score (nSPS) is 11.9. The van der Waals surface area contributed by atoms with Crippen LogP contribution in [0.3, 0.4) is 0 Å². The molecule has 9 heavy (non-hydrogen) atoms. The van der Waals surface area contributed by atoms with Gasteiger partial charge in [-0.25, -0.2) is 0 Å². The molecule has 3 nitrogen and oxygen atoms in total. The SMILES string of the molecule is COP(=O)(CCS)OC. The lowest BCUT2D eigenvalue weighted by molar-refractivity contribution is 0.277. The summed E-state index contributed by atoms with van der Waals surface area (Å²) in [7, 11) is -0.0200. The fourth-order valence-corrected chi connectivity index (χ4v) is 1.87. The Morgan fingerprint density at radius 2 is 1.89 bits per heavy atom. The Hall–Kier alpha value is 0.500. The highest BCUT2D eigenvalue weighted by atomic mass is 32.1. The lowest BCUT2D eigenvalue weighted by atomic mass is 11.0. The van der Waals surface area contributed by atoms with Crippen molar-refractivity contribution in [3.8, 4) is 0 Å². The van der Waals surface area contributed by atoms with Gasteiger partial charge in [0.2, 0.25) is 0 Å². The summed E-state index contributed by atoms with van der Waals surface area (Å²) in [4.78, 5) is 0. The van der Waals surface area contributed by atoms with Gasteiger partial charge in [0.05, 0.1) is 6.16 Å². The Labute approximate surface area is 60.7 Å². The molecule has 0 N–H and O–H groups in total. The molecule has 0 rings (SSSR count). The summed E-state index contributed by atoms with van der Waals surface area (Å²) in [5.41, 5.74) is 0. The number of hydrogen-bond donors (Lipinski definition) is 1. The molecule has 0 unspecified atom stereocenters. The van der Waals surface area contributed by atoms with E-state index >= 15 is 0 Å². The Bertz CT molecular complexity index is 108. The first-order chi connectivity index (χ1) is 4.18. The van der Waals surface area contributed by atoms with E-state index in [0.29, 0.717) is 11.9 Å². The molecular formula is C4H11O3PS. The highest BCUT2D eigenvalue weighted by Crippen LogP contribution is 2.45. The second kappa shape index (κ2) is 4.34. The van der Waals surface area contributed by atoms with Crippen LogP contribution in [0.4, 0.5) is 0 Å². The maximum Gasteiger partial charge on any atom is 0.330 e. The zero-order chi connectivity index (χ0) is 7.33. The fraction of sp³-hybridized carbons (Fsp3) is 1.00. The average Bonchev–Trinajstić information content (AvgIpc) is 1.89. The Kier molecular flexibility index (Phi) is 4.58. The third kappa shape index (κ3) is 3.26. The third-order valence-corrected chi connectivity index (χ3v) is 3.39. The summed E-state index contributed by atoms with van der Waals surface area (Å²) in [6.45, 7) is 0. The number of hydrogen-bond acceptors (Lipinski definition) is 4. The second-order valence-electron chi connectivity index (χ2n) is 1.42. The van der Waals surface area contributed by atoms with Crippen molar-refractivity contribution in [2.75, 3.05) is 26.1 Å². The first-order valence-electron chi connectivity index (χ1n) is 2.50. The highest BCUT2D eigenvalue weighted by molar-refractivity contribution is 7.80. The van der Waals surface area contributed by atoms with Crippen molar-refractivity contribution >= 4 is 20.2 Å². The maximum absolute atomic E-state index is 11.1. The minimum atomic E-state index is -2.76.